The van der Waals surface area contributed by atoms with Gasteiger partial charge < -0.3 is 9.84 Å². The molecule has 4 aromatic rings. The monoisotopic (exact) mass is 565 g/mol. The van der Waals surface area contributed by atoms with E-state index in [1.165, 1.54) is 11.8 Å². The summed E-state index contributed by atoms with van der Waals surface area (Å²) in [6.45, 7) is 4.04. The van der Waals surface area contributed by atoms with E-state index in [0.717, 1.165) is 44.2 Å². The summed E-state index contributed by atoms with van der Waals surface area (Å²) in [6, 6.07) is 19.2. The molecule has 0 spiro atoms. The molecule has 3 aromatic carbocycles. The van der Waals surface area contributed by atoms with E-state index in [0.29, 0.717) is 18.0 Å². The lowest BCUT2D eigenvalue weighted by Crippen LogP contribution is -2.10. The maximum absolute atomic E-state index is 12.0. The second kappa shape index (κ2) is 11.9. The Balaban J connectivity index is 1.56. The first-order valence-electron chi connectivity index (χ1n) is 11.7. The van der Waals surface area contributed by atoms with Crippen LogP contribution in [0.2, 0.25) is 0 Å². The fourth-order valence-corrected chi connectivity index (χ4v) is 6.41. The number of fused-ring (bicyclic) bond motifs is 1. The molecule has 1 heterocycles. The molecular formula is C29H27NO5S3. The number of nitrogens with one attached hydrogen (secondary N) is 1. The van der Waals surface area contributed by atoms with Gasteiger partial charge in [0.05, 0.1) is 23.6 Å². The summed E-state index contributed by atoms with van der Waals surface area (Å²) in [6.07, 6.45) is 1.14. The van der Waals surface area contributed by atoms with Crippen molar-refractivity contribution in [2.75, 3.05) is 11.0 Å². The van der Waals surface area contributed by atoms with E-state index in [1.54, 1.807) is 24.3 Å². The molecule has 1 unspecified atom stereocenters. The average Bonchev–Trinajstić information content (AvgIpc) is 3.27. The van der Waals surface area contributed by atoms with Crippen LogP contribution in [0.25, 0.3) is 21.2 Å². The number of aliphatic carboxylic acids is 1. The number of carbonyl (C=O) groups is 1. The number of carboxylic acids is 1. The highest BCUT2D eigenvalue weighted by atomic mass is 32.2. The maximum atomic E-state index is 12.0. The van der Waals surface area contributed by atoms with Gasteiger partial charge in [-0.25, -0.2) is 8.42 Å². The summed E-state index contributed by atoms with van der Waals surface area (Å²) in [5, 5.41) is 15.0. The van der Waals surface area contributed by atoms with Gasteiger partial charge in [0.2, 0.25) is 10.0 Å². The van der Waals surface area contributed by atoms with Crippen molar-refractivity contribution in [1.29, 1.82) is 0 Å². The topological polar surface area (TPSA) is 92.7 Å². The van der Waals surface area contributed by atoms with Gasteiger partial charge in [0.1, 0.15) is 12.4 Å². The molecular weight excluding hydrogens is 539 g/mol. The van der Waals surface area contributed by atoms with Crippen LogP contribution >= 0.6 is 23.1 Å². The molecule has 1 atom stereocenters. The predicted molar refractivity (Wildman–Crippen MR) is 157 cm³/mol. The van der Waals surface area contributed by atoms with Crippen molar-refractivity contribution in [2.45, 2.75) is 32.1 Å². The van der Waals surface area contributed by atoms with Crippen molar-refractivity contribution >= 4 is 54.9 Å². The third-order valence-corrected chi connectivity index (χ3v) is 8.40. The van der Waals surface area contributed by atoms with Crippen molar-refractivity contribution in [1.82, 2.24) is 0 Å². The summed E-state index contributed by atoms with van der Waals surface area (Å²) < 4.78 is 33.7. The van der Waals surface area contributed by atoms with Crippen LogP contribution in [0.5, 0.6) is 5.75 Å². The van der Waals surface area contributed by atoms with Crippen LogP contribution in [-0.4, -0.2) is 25.7 Å². The van der Waals surface area contributed by atoms with Gasteiger partial charge in [0.25, 0.3) is 0 Å². The Kier molecular flexibility index (Phi) is 8.67. The number of thiophene rings is 1. The van der Waals surface area contributed by atoms with E-state index in [4.69, 9.17) is 4.74 Å². The van der Waals surface area contributed by atoms with E-state index < -0.39 is 16.0 Å². The molecule has 2 N–H and O–H groups in total. The lowest BCUT2D eigenvalue weighted by Gasteiger charge is -2.14. The number of sulfonamides is 1. The molecule has 196 valence electrons. The van der Waals surface area contributed by atoms with Crippen LogP contribution in [0.15, 0.2) is 66.0 Å². The second-order valence-corrected chi connectivity index (χ2v) is 12.4. The standard InChI is InChI=1S/C29H27NO5S3/c1-4-14-36-27(16-28(31)32)21-9-11-22(12-10-21)35-17-20-8-13-26-23(15-20)24(18-37-26)29-19(2)6-5-7-25(29)30-38(3,33)34/h5-13,15,18,27,30H,16-17H2,1-3H3,(H,31,32). The SMILES string of the molecule is CC#CSC(CC(=O)O)c1ccc(OCc2ccc3scc(-c4c(C)cccc4NS(C)(=O)=O)c3c2)cc1. The number of benzene rings is 3. The van der Waals surface area contributed by atoms with E-state index in [-0.39, 0.29) is 11.7 Å². The van der Waals surface area contributed by atoms with Gasteiger partial charge >= 0.3 is 5.97 Å². The highest BCUT2D eigenvalue weighted by molar-refractivity contribution is 8.04. The van der Waals surface area contributed by atoms with Crippen molar-refractivity contribution in [2.24, 2.45) is 0 Å². The summed E-state index contributed by atoms with van der Waals surface area (Å²) >= 11 is 2.92. The fourth-order valence-electron chi connectivity index (χ4n) is 4.13. The molecule has 0 radical (unpaired) electrons. The number of ether oxygens (including phenoxy) is 1. The first-order valence-corrected chi connectivity index (χ1v) is 15.4. The largest absolute Gasteiger partial charge is 0.489 e. The maximum Gasteiger partial charge on any atom is 0.304 e. The van der Waals surface area contributed by atoms with Gasteiger partial charge in [-0.2, -0.15) is 0 Å². The van der Waals surface area contributed by atoms with Crippen LogP contribution in [0, 0.1) is 18.1 Å². The quantitative estimate of drug-likeness (QED) is 0.200. The Morgan fingerprint density at radius 1 is 1.16 bits per heavy atom. The molecule has 0 bridgehead atoms. The smallest absolute Gasteiger partial charge is 0.304 e. The molecule has 0 aliphatic carbocycles. The number of carboxylic acid groups (broad SMARTS) is 1. The first kappa shape index (κ1) is 27.6. The molecule has 0 saturated carbocycles. The molecule has 0 amide bonds. The van der Waals surface area contributed by atoms with Gasteiger partial charge in [-0.3, -0.25) is 9.52 Å². The number of anilines is 1. The molecule has 1 aromatic heterocycles. The zero-order valence-electron chi connectivity index (χ0n) is 21.1. The summed E-state index contributed by atoms with van der Waals surface area (Å²) in [5.41, 5.74) is 5.22. The zero-order valence-corrected chi connectivity index (χ0v) is 23.6. The van der Waals surface area contributed by atoms with Gasteiger partial charge in [0.15, 0.2) is 0 Å². The minimum atomic E-state index is -3.43. The minimum absolute atomic E-state index is 0.00908. The number of thioether (sulfide) groups is 1. The van der Waals surface area contributed by atoms with Gasteiger partial charge in [-0.15, -0.1) is 11.3 Å². The molecule has 38 heavy (non-hydrogen) atoms. The first-order chi connectivity index (χ1) is 18.1. The molecule has 0 aliphatic rings. The van der Waals surface area contributed by atoms with Crippen molar-refractivity contribution < 1.29 is 23.1 Å². The zero-order chi connectivity index (χ0) is 27.3. The molecule has 9 heteroatoms. The van der Waals surface area contributed by atoms with E-state index in [2.05, 4.69) is 33.4 Å². The Bertz CT molecular complexity index is 1630. The lowest BCUT2D eigenvalue weighted by atomic mass is 9.97. The Morgan fingerprint density at radius 3 is 2.61 bits per heavy atom. The third-order valence-electron chi connectivity index (χ3n) is 5.80. The van der Waals surface area contributed by atoms with Crippen LogP contribution in [0.3, 0.4) is 0 Å². The molecule has 0 aliphatic heterocycles. The van der Waals surface area contributed by atoms with E-state index in [1.807, 2.05) is 49.4 Å². The summed E-state index contributed by atoms with van der Waals surface area (Å²) in [4.78, 5) is 11.2. The predicted octanol–water partition coefficient (Wildman–Crippen LogP) is 7.06. The Hall–Kier alpha value is -3.45. The second-order valence-electron chi connectivity index (χ2n) is 8.77. The average molecular weight is 566 g/mol. The fraction of sp³-hybridized carbons (Fsp3) is 0.207. The normalized spacial score (nSPS) is 12.0. The molecule has 0 saturated heterocycles. The third kappa shape index (κ3) is 6.90. The Morgan fingerprint density at radius 2 is 1.92 bits per heavy atom. The van der Waals surface area contributed by atoms with Crippen LogP contribution in [-0.2, 0) is 21.4 Å². The number of hydrogen-bond donors (Lipinski definition) is 2. The van der Waals surface area contributed by atoms with Crippen LogP contribution in [0.1, 0.15) is 35.3 Å². The van der Waals surface area contributed by atoms with Crippen LogP contribution < -0.4 is 9.46 Å². The minimum Gasteiger partial charge on any atom is -0.489 e. The molecule has 0 fully saturated rings. The van der Waals surface area contributed by atoms with Crippen molar-refractivity contribution in [3.63, 3.8) is 0 Å². The lowest BCUT2D eigenvalue weighted by molar-refractivity contribution is -0.137. The van der Waals surface area contributed by atoms with Crippen molar-refractivity contribution in [3.05, 3.63) is 82.7 Å². The van der Waals surface area contributed by atoms with Gasteiger partial charge in [-0.1, -0.05) is 48.0 Å². The van der Waals surface area contributed by atoms with Crippen molar-refractivity contribution in [3.8, 4) is 28.0 Å². The summed E-state index contributed by atoms with van der Waals surface area (Å²) in [5.74, 6) is 2.61. The van der Waals surface area contributed by atoms with Gasteiger partial charge in [-0.05, 0) is 71.5 Å². The van der Waals surface area contributed by atoms with E-state index in [9.17, 15) is 18.3 Å². The number of rotatable bonds is 10. The highest BCUT2D eigenvalue weighted by Crippen LogP contribution is 2.40. The molecule has 4 rings (SSSR count). The summed E-state index contributed by atoms with van der Waals surface area (Å²) in [7, 11) is -3.43. The number of hydrogen-bond acceptors (Lipinski definition) is 6. The Labute approximate surface area is 231 Å². The molecule has 6 nitrogen and oxygen atoms in total. The highest BCUT2D eigenvalue weighted by Gasteiger charge is 2.17. The van der Waals surface area contributed by atoms with E-state index >= 15 is 0 Å². The number of aryl methyl sites for hydroxylation is 1. The van der Waals surface area contributed by atoms with Gasteiger partial charge in [0, 0.05) is 21.2 Å². The van der Waals surface area contributed by atoms with Crippen LogP contribution in [0.4, 0.5) is 5.69 Å².